The van der Waals surface area contributed by atoms with Gasteiger partial charge in [0.15, 0.2) is 9.84 Å². The third-order valence-electron chi connectivity index (χ3n) is 3.97. The van der Waals surface area contributed by atoms with Gasteiger partial charge in [-0.1, -0.05) is 29.3 Å². The molecule has 1 saturated heterocycles. The summed E-state index contributed by atoms with van der Waals surface area (Å²) >= 11 is 12.5. The lowest BCUT2D eigenvalue weighted by Gasteiger charge is -2.10. The first kappa shape index (κ1) is 16.8. The molecule has 124 valence electrons. The van der Waals surface area contributed by atoms with Gasteiger partial charge < -0.3 is 5.32 Å². The topological polar surface area (TPSA) is 64.0 Å². The third kappa shape index (κ3) is 3.71. The van der Waals surface area contributed by atoms with Gasteiger partial charge in [0.2, 0.25) is 0 Å². The van der Waals surface area contributed by atoms with Gasteiger partial charge in [0.05, 0.1) is 22.9 Å². The van der Waals surface area contributed by atoms with Crippen LogP contribution in [0.1, 0.15) is 17.7 Å². The Bertz CT molecular complexity index is 833. The molecule has 0 saturated carbocycles. The number of nitrogens with one attached hydrogen (secondary N) is 1. The summed E-state index contributed by atoms with van der Waals surface area (Å²) in [6.07, 6.45) is 0.640. The maximum absolute atomic E-state index is 11.5. The van der Waals surface area contributed by atoms with Crippen molar-refractivity contribution in [1.29, 1.82) is 0 Å². The Morgan fingerprint density at radius 2 is 2.17 bits per heavy atom. The van der Waals surface area contributed by atoms with E-state index in [0.717, 1.165) is 16.9 Å². The smallest absolute Gasteiger partial charge is 0.151 e. The lowest BCUT2D eigenvalue weighted by molar-refractivity contribution is 0.553. The van der Waals surface area contributed by atoms with Crippen LogP contribution in [0.5, 0.6) is 0 Å². The molecule has 0 aliphatic carbocycles. The number of nitrogens with zero attached hydrogens (tertiary/aromatic N) is 2. The van der Waals surface area contributed by atoms with Crippen molar-refractivity contribution in [2.75, 3.05) is 11.5 Å². The van der Waals surface area contributed by atoms with Gasteiger partial charge in [0.1, 0.15) is 5.15 Å². The largest absolute Gasteiger partial charge is 0.309 e. The molecule has 1 fully saturated rings. The lowest BCUT2D eigenvalue weighted by atomic mass is 10.2. The van der Waals surface area contributed by atoms with Crippen LogP contribution in [-0.2, 0) is 16.4 Å². The quantitative estimate of drug-likeness (QED) is 0.894. The molecular formula is C15H17Cl2N3O2S. The summed E-state index contributed by atoms with van der Waals surface area (Å²) in [5, 5.41) is 8.86. The van der Waals surface area contributed by atoms with Crippen molar-refractivity contribution in [3.63, 3.8) is 0 Å². The molecule has 2 aromatic rings. The van der Waals surface area contributed by atoms with Gasteiger partial charge in [-0.3, -0.25) is 0 Å². The number of halogens is 2. The Labute approximate surface area is 145 Å². The molecule has 1 aliphatic rings. The van der Waals surface area contributed by atoms with Crippen LogP contribution in [0.15, 0.2) is 24.3 Å². The molecule has 1 atom stereocenters. The molecule has 23 heavy (non-hydrogen) atoms. The Balaban J connectivity index is 1.79. The van der Waals surface area contributed by atoms with E-state index in [9.17, 15) is 8.42 Å². The minimum atomic E-state index is -2.89. The highest BCUT2D eigenvalue weighted by atomic mass is 35.5. The number of hydrogen-bond acceptors (Lipinski definition) is 4. The van der Waals surface area contributed by atoms with E-state index >= 15 is 0 Å². The normalized spacial score (nSPS) is 20.0. The lowest BCUT2D eigenvalue weighted by Crippen LogP contribution is -2.29. The first-order chi connectivity index (χ1) is 10.9. The highest BCUT2D eigenvalue weighted by Crippen LogP contribution is 2.25. The fraction of sp³-hybridized carbons (Fsp3) is 0.400. The van der Waals surface area contributed by atoms with Gasteiger partial charge >= 0.3 is 0 Å². The van der Waals surface area contributed by atoms with Crippen molar-refractivity contribution in [3.05, 3.63) is 45.7 Å². The zero-order valence-corrected chi connectivity index (χ0v) is 14.9. The van der Waals surface area contributed by atoms with Gasteiger partial charge in [-0.25, -0.2) is 13.1 Å². The monoisotopic (exact) mass is 373 g/mol. The average molecular weight is 374 g/mol. The van der Waals surface area contributed by atoms with E-state index in [1.54, 1.807) is 16.8 Å². The number of benzene rings is 1. The first-order valence-corrected chi connectivity index (χ1v) is 9.87. The Morgan fingerprint density at radius 1 is 1.39 bits per heavy atom. The molecule has 1 aromatic carbocycles. The fourth-order valence-corrected chi connectivity index (χ4v) is 4.94. The van der Waals surface area contributed by atoms with Crippen LogP contribution in [-0.4, -0.2) is 35.7 Å². The van der Waals surface area contributed by atoms with Crippen LogP contribution in [0, 0.1) is 6.92 Å². The molecule has 0 radical (unpaired) electrons. The second-order valence-electron chi connectivity index (χ2n) is 5.73. The molecule has 2 heterocycles. The van der Waals surface area contributed by atoms with Crippen molar-refractivity contribution in [2.45, 2.75) is 25.9 Å². The van der Waals surface area contributed by atoms with Gasteiger partial charge in [-0.05, 0) is 31.5 Å². The van der Waals surface area contributed by atoms with Crippen LogP contribution in [0.3, 0.4) is 0 Å². The zero-order valence-electron chi connectivity index (χ0n) is 12.6. The maximum atomic E-state index is 11.5. The molecule has 0 bridgehead atoms. The van der Waals surface area contributed by atoms with E-state index in [0.29, 0.717) is 23.1 Å². The van der Waals surface area contributed by atoms with Gasteiger partial charge in [0, 0.05) is 23.2 Å². The zero-order chi connectivity index (χ0) is 16.6. The first-order valence-electron chi connectivity index (χ1n) is 7.29. The number of sulfone groups is 1. The average Bonchev–Trinajstić information content (AvgIpc) is 2.97. The van der Waals surface area contributed by atoms with E-state index in [1.807, 2.05) is 19.1 Å². The predicted molar refractivity (Wildman–Crippen MR) is 92.2 cm³/mol. The summed E-state index contributed by atoms with van der Waals surface area (Å²) in [6.45, 7) is 2.38. The van der Waals surface area contributed by atoms with Crippen molar-refractivity contribution in [3.8, 4) is 5.69 Å². The minimum absolute atomic E-state index is 0.0232. The number of rotatable bonds is 4. The van der Waals surface area contributed by atoms with Gasteiger partial charge in [0.25, 0.3) is 0 Å². The SMILES string of the molecule is Cc1nn(-c2cccc(Cl)c2)c(Cl)c1CNC1CCS(=O)(=O)C1. The predicted octanol–water partition coefficient (Wildman–Crippen LogP) is 2.76. The Kier molecular flexibility index (Phi) is 4.69. The van der Waals surface area contributed by atoms with E-state index in [1.165, 1.54) is 0 Å². The van der Waals surface area contributed by atoms with E-state index in [2.05, 4.69) is 10.4 Å². The minimum Gasteiger partial charge on any atom is -0.309 e. The summed E-state index contributed by atoms with van der Waals surface area (Å²) in [5.74, 6) is 0.436. The van der Waals surface area contributed by atoms with Crippen LogP contribution in [0.4, 0.5) is 0 Å². The molecule has 3 rings (SSSR count). The highest BCUT2D eigenvalue weighted by Gasteiger charge is 2.28. The van der Waals surface area contributed by atoms with Gasteiger partial charge in [-0.15, -0.1) is 0 Å². The van der Waals surface area contributed by atoms with Crippen molar-refractivity contribution in [1.82, 2.24) is 15.1 Å². The summed E-state index contributed by atoms with van der Waals surface area (Å²) < 4.78 is 24.7. The summed E-state index contributed by atoms with van der Waals surface area (Å²) in [5.41, 5.74) is 2.47. The third-order valence-corrected chi connectivity index (χ3v) is 6.37. The molecule has 5 nitrogen and oxygen atoms in total. The van der Waals surface area contributed by atoms with Crippen LogP contribution >= 0.6 is 23.2 Å². The Hall–Kier alpha value is -1.08. The number of hydrogen-bond donors (Lipinski definition) is 1. The van der Waals surface area contributed by atoms with Crippen LogP contribution in [0.2, 0.25) is 10.2 Å². The van der Waals surface area contributed by atoms with E-state index in [4.69, 9.17) is 23.2 Å². The molecule has 1 unspecified atom stereocenters. The second-order valence-corrected chi connectivity index (χ2v) is 8.75. The molecule has 8 heteroatoms. The maximum Gasteiger partial charge on any atom is 0.151 e. The van der Waals surface area contributed by atoms with Crippen molar-refractivity contribution in [2.24, 2.45) is 0 Å². The number of aryl methyl sites for hydroxylation is 1. The van der Waals surface area contributed by atoms with E-state index < -0.39 is 9.84 Å². The van der Waals surface area contributed by atoms with Gasteiger partial charge in [-0.2, -0.15) is 5.10 Å². The van der Waals surface area contributed by atoms with Crippen LogP contribution < -0.4 is 5.32 Å². The molecule has 0 amide bonds. The fourth-order valence-electron chi connectivity index (χ4n) is 2.71. The van der Waals surface area contributed by atoms with Crippen LogP contribution in [0.25, 0.3) is 5.69 Å². The molecule has 1 N–H and O–H groups in total. The summed E-state index contributed by atoms with van der Waals surface area (Å²) in [4.78, 5) is 0. The summed E-state index contributed by atoms with van der Waals surface area (Å²) in [6, 6.07) is 7.28. The Morgan fingerprint density at radius 3 is 2.83 bits per heavy atom. The highest BCUT2D eigenvalue weighted by molar-refractivity contribution is 7.91. The van der Waals surface area contributed by atoms with Crippen molar-refractivity contribution < 1.29 is 8.42 Å². The molecular weight excluding hydrogens is 357 g/mol. The second kappa shape index (κ2) is 6.43. The van der Waals surface area contributed by atoms with E-state index in [-0.39, 0.29) is 17.5 Å². The summed E-state index contributed by atoms with van der Waals surface area (Å²) in [7, 11) is -2.89. The molecule has 1 aliphatic heterocycles. The molecule has 0 spiro atoms. The molecule has 1 aromatic heterocycles. The standard InChI is InChI=1S/C15H17Cl2N3O2S/c1-10-14(8-18-12-5-6-23(21,22)9-12)15(17)20(19-10)13-4-2-3-11(16)7-13/h2-4,7,12,18H,5-6,8-9H2,1H3. The number of aromatic nitrogens is 2. The van der Waals surface area contributed by atoms with Crippen molar-refractivity contribution >= 4 is 33.0 Å².